The van der Waals surface area contributed by atoms with Gasteiger partial charge >= 0.3 is 0 Å². The summed E-state index contributed by atoms with van der Waals surface area (Å²) in [6.45, 7) is 2.50. The molecule has 2 atom stereocenters. The van der Waals surface area contributed by atoms with Crippen molar-refractivity contribution < 1.29 is 9.32 Å². The maximum Gasteiger partial charge on any atom is 0.115 e. The van der Waals surface area contributed by atoms with E-state index < -0.39 is 10.8 Å². The van der Waals surface area contributed by atoms with E-state index in [0.29, 0.717) is 12.3 Å². The molecule has 0 aromatic heterocycles. The third kappa shape index (κ3) is 4.01. The highest BCUT2D eigenvalue weighted by Gasteiger charge is 2.10. The molecule has 84 valence electrons. The zero-order chi connectivity index (χ0) is 11.3. The number of rotatable bonds is 5. The predicted molar refractivity (Wildman–Crippen MR) is 63.1 cm³/mol. The molecule has 15 heavy (non-hydrogen) atoms. The summed E-state index contributed by atoms with van der Waals surface area (Å²) in [5.41, 5.74) is 6.31. The summed E-state index contributed by atoms with van der Waals surface area (Å²) in [5, 5.41) is 9.36. The molecule has 1 aromatic carbocycles. The fraction of sp³-hybridized carbons (Fsp3) is 0.455. The predicted octanol–water partition coefficient (Wildman–Crippen LogP) is 1.38. The summed E-state index contributed by atoms with van der Waals surface area (Å²) in [4.78, 5) is 0. The van der Waals surface area contributed by atoms with Crippen LogP contribution in [0.1, 0.15) is 18.9 Å². The number of phenols is 1. The first-order valence-electron chi connectivity index (χ1n) is 4.98. The van der Waals surface area contributed by atoms with E-state index in [4.69, 9.17) is 5.73 Å². The van der Waals surface area contributed by atoms with Crippen molar-refractivity contribution in [3.8, 4) is 5.75 Å². The lowest BCUT2D eigenvalue weighted by molar-refractivity contribution is 0.475. The Labute approximate surface area is 92.8 Å². The zero-order valence-corrected chi connectivity index (χ0v) is 9.67. The van der Waals surface area contributed by atoms with Gasteiger partial charge in [0.25, 0.3) is 0 Å². The molecule has 3 nitrogen and oxygen atoms in total. The van der Waals surface area contributed by atoms with E-state index >= 15 is 0 Å². The average Bonchev–Trinajstić information content (AvgIpc) is 2.18. The highest BCUT2D eigenvalue weighted by Crippen LogP contribution is 2.14. The lowest BCUT2D eigenvalue weighted by atomic mass is 10.2. The molecule has 1 rings (SSSR count). The van der Waals surface area contributed by atoms with Gasteiger partial charge in [-0.15, -0.1) is 0 Å². The van der Waals surface area contributed by atoms with Crippen molar-refractivity contribution in [2.75, 3.05) is 6.54 Å². The van der Waals surface area contributed by atoms with Crippen LogP contribution in [0.5, 0.6) is 5.75 Å². The number of hydrogen-bond donors (Lipinski definition) is 2. The van der Waals surface area contributed by atoms with Crippen molar-refractivity contribution in [2.45, 2.75) is 24.3 Å². The molecule has 0 aliphatic heterocycles. The highest BCUT2D eigenvalue weighted by atomic mass is 32.2. The van der Waals surface area contributed by atoms with Gasteiger partial charge in [-0.1, -0.05) is 19.1 Å². The zero-order valence-electron chi connectivity index (χ0n) is 8.85. The van der Waals surface area contributed by atoms with E-state index in [1.807, 2.05) is 13.0 Å². The van der Waals surface area contributed by atoms with Crippen LogP contribution in [0.15, 0.2) is 24.3 Å². The van der Waals surface area contributed by atoms with E-state index in [1.54, 1.807) is 18.2 Å². The monoisotopic (exact) mass is 227 g/mol. The molecule has 3 N–H and O–H groups in total. The van der Waals surface area contributed by atoms with Gasteiger partial charge in [0, 0.05) is 21.8 Å². The third-order valence-corrected chi connectivity index (χ3v) is 3.99. The van der Waals surface area contributed by atoms with Crippen molar-refractivity contribution in [1.82, 2.24) is 0 Å². The second-order valence-electron chi connectivity index (χ2n) is 3.58. The maximum absolute atomic E-state index is 11.8. The summed E-state index contributed by atoms with van der Waals surface area (Å²) in [6, 6.07) is 6.88. The van der Waals surface area contributed by atoms with Gasteiger partial charge in [0.15, 0.2) is 0 Å². The third-order valence-electron chi connectivity index (χ3n) is 2.24. The molecule has 0 fully saturated rings. The first-order valence-corrected chi connectivity index (χ1v) is 6.37. The van der Waals surface area contributed by atoms with E-state index in [-0.39, 0.29) is 11.0 Å². The number of nitrogens with two attached hydrogens (primary N) is 1. The Kier molecular flexibility index (Phi) is 4.78. The number of hydrogen-bond acceptors (Lipinski definition) is 3. The Bertz CT molecular complexity index is 341. The molecule has 0 aliphatic carbocycles. The van der Waals surface area contributed by atoms with Gasteiger partial charge in [-0.2, -0.15) is 0 Å². The van der Waals surface area contributed by atoms with Gasteiger partial charge in [0.05, 0.1) is 0 Å². The highest BCUT2D eigenvalue weighted by molar-refractivity contribution is 7.84. The molecule has 0 aliphatic rings. The Hall–Kier alpha value is -0.870. The fourth-order valence-corrected chi connectivity index (χ4v) is 2.51. The molecule has 0 spiro atoms. The topological polar surface area (TPSA) is 63.3 Å². The van der Waals surface area contributed by atoms with Gasteiger partial charge in [0.1, 0.15) is 5.75 Å². The van der Waals surface area contributed by atoms with Crippen LogP contribution >= 0.6 is 0 Å². The molecule has 0 saturated carbocycles. The van der Waals surface area contributed by atoms with E-state index in [1.165, 1.54) is 0 Å². The van der Waals surface area contributed by atoms with Crippen molar-refractivity contribution >= 4 is 10.8 Å². The van der Waals surface area contributed by atoms with Gasteiger partial charge < -0.3 is 10.8 Å². The summed E-state index contributed by atoms with van der Waals surface area (Å²) in [6.07, 6.45) is 0.769. The summed E-state index contributed by atoms with van der Waals surface area (Å²) < 4.78 is 11.8. The largest absolute Gasteiger partial charge is 0.508 e. The summed E-state index contributed by atoms with van der Waals surface area (Å²) in [5.74, 6) is 0.700. The van der Waals surface area contributed by atoms with Crippen LogP contribution in [0, 0.1) is 0 Å². The molecule has 0 radical (unpaired) electrons. The van der Waals surface area contributed by atoms with Crippen LogP contribution in [-0.4, -0.2) is 21.1 Å². The lowest BCUT2D eigenvalue weighted by Gasteiger charge is -2.09. The van der Waals surface area contributed by atoms with Crippen LogP contribution in [0.4, 0.5) is 0 Å². The Morgan fingerprint density at radius 3 is 2.87 bits per heavy atom. The molecule has 0 heterocycles. The van der Waals surface area contributed by atoms with Crippen molar-refractivity contribution in [2.24, 2.45) is 5.73 Å². The Morgan fingerprint density at radius 2 is 2.27 bits per heavy atom. The molecular weight excluding hydrogens is 210 g/mol. The summed E-state index contributed by atoms with van der Waals surface area (Å²) in [7, 11) is -0.915. The molecule has 0 saturated heterocycles. The first kappa shape index (κ1) is 12.2. The molecule has 1 aromatic rings. The standard InChI is InChI=1S/C11H17NO2S/c1-9(5-6-12)15(14)8-10-3-2-4-11(13)7-10/h2-4,7,9,13H,5-6,8,12H2,1H3. The second-order valence-corrected chi connectivity index (χ2v) is 5.44. The minimum absolute atomic E-state index is 0.109. The molecule has 0 amide bonds. The number of phenolic OH excluding ortho intramolecular Hbond substituents is 1. The minimum Gasteiger partial charge on any atom is -0.508 e. The van der Waals surface area contributed by atoms with E-state index in [0.717, 1.165) is 12.0 Å². The Balaban J connectivity index is 2.58. The van der Waals surface area contributed by atoms with Gasteiger partial charge in [0.2, 0.25) is 0 Å². The van der Waals surface area contributed by atoms with E-state index in [2.05, 4.69) is 0 Å². The van der Waals surface area contributed by atoms with Gasteiger partial charge in [-0.05, 0) is 30.7 Å². The molecule has 2 unspecified atom stereocenters. The SMILES string of the molecule is CC(CCN)S(=O)Cc1cccc(O)c1. The fourth-order valence-electron chi connectivity index (χ4n) is 1.32. The molecule has 4 heteroatoms. The van der Waals surface area contributed by atoms with Crippen LogP contribution < -0.4 is 5.73 Å². The number of benzene rings is 1. The molecular formula is C11H17NO2S. The maximum atomic E-state index is 11.8. The quantitative estimate of drug-likeness (QED) is 0.798. The normalized spacial score (nSPS) is 14.8. The van der Waals surface area contributed by atoms with Crippen molar-refractivity contribution in [3.05, 3.63) is 29.8 Å². The average molecular weight is 227 g/mol. The van der Waals surface area contributed by atoms with Gasteiger partial charge in [-0.25, -0.2) is 0 Å². The van der Waals surface area contributed by atoms with Crippen molar-refractivity contribution in [1.29, 1.82) is 0 Å². The van der Waals surface area contributed by atoms with Crippen LogP contribution in [-0.2, 0) is 16.6 Å². The smallest absolute Gasteiger partial charge is 0.115 e. The minimum atomic E-state index is -0.915. The Morgan fingerprint density at radius 1 is 1.53 bits per heavy atom. The lowest BCUT2D eigenvalue weighted by Crippen LogP contribution is -2.17. The van der Waals surface area contributed by atoms with Crippen molar-refractivity contribution in [3.63, 3.8) is 0 Å². The van der Waals surface area contributed by atoms with Gasteiger partial charge in [-0.3, -0.25) is 4.21 Å². The summed E-state index contributed by atoms with van der Waals surface area (Å²) >= 11 is 0. The van der Waals surface area contributed by atoms with Crippen LogP contribution in [0.3, 0.4) is 0 Å². The molecule has 0 bridgehead atoms. The second kappa shape index (κ2) is 5.88. The van der Waals surface area contributed by atoms with E-state index in [9.17, 15) is 9.32 Å². The first-order chi connectivity index (χ1) is 7.13. The number of aromatic hydroxyl groups is 1. The van der Waals surface area contributed by atoms with Crippen LogP contribution in [0.2, 0.25) is 0 Å². The van der Waals surface area contributed by atoms with Crippen LogP contribution in [0.25, 0.3) is 0 Å².